The van der Waals surface area contributed by atoms with Crippen molar-refractivity contribution in [2.75, 3.05) is 7.05 Å². The Balaban J connectivity index is 2.73. The molecule has 0 aromatic carbocycles. The zero-order valence-electron chi connectivity index (χ0n) is 10.5. The molecule has 4 heteroatoms. The van der Waals surface area contributed by atoms with E-state index < -0.39 is 17.2 Å². The summed E-state index contributed by atoms with van der Waals surface area (Å²) < 4.78 is 5.27. The van der Waals surface area contributed by atoms with E-state index in [9.17, 15) is 10.1 Å². The van der Waals surface area contributed by atoms with E-state index in [1.165, 1.54) is 4.90 Å². The van der Waals surface area contributed by atoms with Gasteiger partial charge in [-0.2, -0.15) is 5.26 Å². The molecule has 0 radical (unpaired) electrons. The third-order valence-corrected chi connectivity index (χ3v) is 2.95. The van der Waals surface area contributed by atoms with Crippen LogP contribution in [-0.4, -0.2) is 29.2 Å². The molecule has 1 saturated carbocycles. The molecule has 0 aromatic rings. The summed E-state index contributed by atoms with van der Waals surface area (Å²) in [5.74, 6) is 0. The van der Waals surface area contributed by atoms with Gasteiger partial charge in [0.05, 0.1) is 6.07 Å². The van der Waals surface area contributed by atoms with E-state index in [2.05, 4.69) is 6.07 Å². The summed E-state index contributed by atoms with van der Waals surface area (Å²) >= 11 is 0. The summed E-state index contributed by atoms with van der Waals surface area (Å²) in [7, 11) is 1.66. The number of carbonyl (C=O) groups is 1. The van der Waals surface area contributed by atoms with Gasteiger partial charge in [-0.1, -0.05) is 0 Å². The summed E-state index contributed by atoms with van der Waals surface area (Å²) in [5, 5.41) is 9.23. The Morgan fingerprint density at radius 1 is 1.38 bits per heavy atom. The van der Waals surface area contributed by atoms with Crippen LogP contribution >= 0.6 is 0 Å². The molecule has 1 aliphatic rings. The van der Waals surface area contributed by atoms with E-state index in [0.29, 0.717) is 0 Å². The van der Waals surface area contributed by atoms with E-state index in [1.54, 1.807) is 7.05 Å². The smallest absolute Gasteiger partial charge is 0.411 e. The monoisotopic (exact) mass is 224 g/mol. The van der Waals surface area contributed by atoms with Crippen molar-refractivity contribution in [2.45, 2.75) is 57.6 Å². The number of hydrogen-bond donors (Lipinski definition) is 0. The van der Waals surface area contributed by atoms with Gasteiger partial charge < -0.3 is 4.74 Å². The molecule has 0 bridgehead atoms. The lowest BCUT2D eigenvalue weighted by Crippen LogP contribution is -2.48. The zero-order valence-corrected chi connectivity index (χ0v) is 10.5. The maximum absolute atomic E-state index is 11.9. The maximum atomic E-state index is 11.9. The number of nitriles is 1. The summed E-state index contributed by atoms with van der Waals surface area (Å²) in [6.07, 6.45) is 3.09. The Labute approximate surface area is 97.2 Å². The summed E-state index contributed by atoms with van der Waals surface area (Å²) in [5.41, 5.74) is -1.16. The Bertz CT molecular complexity index is 306. The molecule has 0 atom stereocenters. The van der Waals surface area contributed by atoms with E-state index in [-0.39, 0.29) is 0 Å². The van der Waals surface area contributed by atoms with Gasteiger partial charge in [0, 0.05) is 7.05 Å². The summed E-state index contributed by atoms with van der Waals surface area (Å²) in [6, 6.07) is 2.27. The minimum absolute atomic E-state index is 0.407. The van der Waals surface area contributed by atoms with Gasteiger partial charge in [-0.3, -0.25) is 4.90 Å². The standard InChI is InChI=1S/C12H20N2O2/c1-11(2,3)16-10(15)14(4)12(9-13)7-5-6-8-12/h5-8H2,1-4H3. The zero-order chi connectivity index (χ0) is 12.4. The van der Waals surface area contributed by atoms with Crippen molar-refractivity contribution < 1.29 is 9.53 Å². The van der Waals surface area contributed by atoms with E-state index in [4.69, 9.17) is 4.74 Å². The Morgan fingerprint density at radius 3 is 2.25 bits per heavy atom. The van der Waals surface area contributed by atoms with E-state index in [0.717, 1.165) is 25.7 Å². The molecule has 1 rings (SSSR count). The largest absolute Gasteiger partial charge is 0.444 e. The van der Waals surface area contributed by atoms with Gasteiger partial charge in [-0.25, -0.2) is 4.79 Å². The lowest BCUT2D eigenvalue weighted by atomic mass is 9.98. The average molecular weight is 224 g/mol. The topological polar surface area (TPSA) is 53.3 Å². The van der Waals surface area contributed by atoms with E-state index in [1.807, 2.05) is 20.8 Å². The molecule has 16 heavy (non-hydrogen) atoms. The van der Waals surface area contributed by atoms with Crippen LogP contribution in [0.4, 0.5) is 4.79 Å². The van der Waals surface area contributed by atoms with Gasteiger partial charge in [0.25, 0.3) is 0 Å². The summed E-state index contributed by atoms with van der Waals surface area (Å²) in [6.45, 7) is 5.48. The highest BCUT2D eigenvalue weighted by Gasteiger charge is 2.41. The quantitative estimate of drug-likeness (QED) is 0.688. The van der Waals surface area contributed by atoms with Crippen molar-refractivity contribution in [3.8, 4) is 6.07 Å². The number of amides is 1. The van der Waals surface area contributed by atoms with Crippen LogP contribution in [-0.2, 0) is 4.74 Å². The fraction of sp³-hybridized carbons (Fsp3) is 0.833. The molecule has 4 nitrogen and oxygen atoms in total. The van der Waals surface area contributed by atoms with Gasteiger partial charge in [0.2, 0.25) is 0 Å². The van der Waals surface area contributed by atoms with Gasteiger partial charge in [0.15, 0.2) is 0 Å². The van der Waals surface area contributed by atoms with Crippen LogP contribution in [0.15, 0.2) is 0 Å². The fourth-order valence-corrected chi connectivity index (χ4v) is 1.99. The van der Waals surface area contributed by atoms with Crippen LogP contribution < -0.4 is 0 Å². The van der Waals surface area contributed by atoms with Crippen molar-refractivity contribution >= 4 is 6.09 Å². The first-order valence-electron chi connectivity index (χ1n) is 5.69. The highest BCUT2D eigenvalue weighted by atomic mass is 16.6. The van der Waals surface area contributed by atoms with Gasteiger partial charge in [-0.15, -0.1) is 0 Å². The normalized spacial score (nSPS) is 18.9. The average Bonchev–Trinajstić information content (AvgIpc) is 2.63. The van der Waals surface area contributed by atoms with Crippen LogP contribution in [0.1, 0.15) is 46.5 Å². The van der Waals surface area contributed by atoms with Crippen LogP contribution in [0.5, 0.6) is 0 Å². The van der Waals surface area contributed by atoms with Crippen molar-refractivity contribution in [3.63, 3.8) is 0 Å². The van der Waals surface area contributed by atoms with Crippen LogP contribution in [0.25, 0.3) is 0 Å². The van der Waals surface area contributed by atoms with Crippen molar-refractivity contribution in [2.24, 2.45) is 0 Å². The SMILES string of the molecule is CN(C(=O)OC(C)(C)C)C1(C#N)CCCC1. The molecule has 1 aliphatic carbocycles. The molecule has 1 amide bonds. The van der Waals surface area contributed by atoms with Gasteiger partial charge in [-0.05, 0) is 46.5 Å². The molecule has 0 aliphatic heterocycles. The Morgan fingerprint density at radius 2 is 1.88 bits per heavy atom. The number of nitrogens with zero attached hydrogens (tertiary/aromatic N) is 2. The summed E-state index contributed by atoms with van der Waals surface area (Å²) in [4.78, 5) is 13.3. The number of ether oxygens (including phenoxy) is 1. The van der Waals surface area contributed by atoms with Crippen molar-refractivity contribution in [3.05, 3.63) is 0 Å². The van der Waals surface area contributed by atoms with Gasteiger partial charge >= 0.3 is 6.09 Å². The maximum Gasteiger partial charge on any atom is 0.411 e. The lowest BCUT2D eigenvalue weighted by molar-refractivity contribution is 0.0148. The highest BCUT2D eigenvalue weighted by molar-refractivity contribution is 5.69. The molecule has 1 fully saturated rings. The second-order valence-corrected chi connectivity index (χ2v) is 5.39. The second kappa shape index (κ2) is 4.32. The Hall–Kier alpha value is -1.24. The molecule has 0 heterocycles. The molecule has 0 N–H and O–H groups in total. The predicted molar refractivity (Wildman–Crippen MR) is 60.8 cm³/mol. The number of rotatable bonds is 1. The third kappa shape index (κ3) is 2.66. The molecular weight excluding hydrogens is 204 g/mol. The predicted octanol–water partition coefficient (Wildman–Crippen LogP) is 2.69. The molecule has 0 aromatic heterocycles. The fourth-order valence-electron chi connectivity index (χ4n) is 1.99. The molecule has 0 spiro atoms. The van der Waals surface area contributed by atoms with Crippen molar-refractivity contribution in [1.29, 1.82) is 5.26 Å². The minimum atomic E-state index is -0.650. The molecule has 90 valence electrons. The number of carbonyl (C=O) groups excluding carboxylic acids is 1. The second-order valence-electron chi connectivity index (χ2n) is 5.39. The first-order chi connectivity index (χ1) is 7.31. The first-order valence-corrected chi connectivity index (χ1v) is 5.69. The van der Waals surface area contributed by atoms with Crippen LogP contribution in [0.2, 0.25) is 0 Å². The molecule has 0 saturated heterocycles. The Kier molecular flexibility index (Phi) is 3.47. The van der Waals surface area contributed by atoms with Crippen molar-refractivity contribution in [1.82, 2.24) is 4.90 Å². The third-order valence-electron chi connectivity index (χ3n) is 2.95. The lowest BCUT2D eigenvalue weighted by Gasteiger charge is -2.33. The minimum Gasteiger partial charge on any atom is -0.444 e. The van der Waals surface area contributed by atoms with Gasteiger partial charge in [0.1, 0.15) is 11.1 Å². The highest BCUT2D eigenvalue weighted by Crippen LogP contribution is 2.34. The van der Waals surface area contributed by atoms with E-state index >= 15 is 0 Å². The first kappa shape index (κ1) is 12.8. The molecular formula is C12H20N2O2. The number of hydrogen-bond acceptors (Lipinski definition) is 3. The molecule has 0 unspecified atom stereocenters. The van der Waals surface area contributed by atoms with Crippen LogP contribution in [0.3, 0.4) is 0 Å². The van der Waals surface area contributed by atoms with Crippen LogP contribution in [0, 0.1) is 11.3 Å².